The van der Waals surface area contributed by atoms with Crippen molar-refractivity contribution in [2.45, 2.75) is 54.7 Å². The van der Waals surface area contributed by atoms with Gasteiger partial charge in [0.05, 0.1) is 9.82 Å². The van der Waals surface area contributed by atoms with Crippen LogP contribution in [0.25, 0.3) is 0 Å². The Morgan fingerprint density at radius 1 is 1.36 bits per heavy atom. The molecule has 0 saturated heterocycles. The quantitative estimate of drug-likeness (QED) is 0.603. The summed E-state index contributed by atoms with van der Waals surface area (Å²) in [7, 11) is 0. The average Bonchev–Trinajstić information content (AvgIpc) is 2.48. The van der Waals surface area contributed by atoms with Gasteiger partial charge in [-0.05, 0) is 30.9 Å². The Kier molecular flexibility index (Phi) is 8.17. The zero-order valence-electron chi connectivity index (χ0n) is 12.4. The first-order valence-corrected chi connectivity index (χ1v) is 8.31. The molecule has 1 saturated carbocycles. The molecule has 1 fully saturated rings. The Hall–Kier alpha value is -0.820. The maximum absolute atomic E-state index is 11.3. The van der Waals surface area contributed by atoms with Crippen LogP contribution in [0.5, 0.6) is 0 Å². The van der Waals surface area contributed by atoms with Crippen molar-refractivity contribution in [2.75, 3.05) is 6.61 Å². The lowest BCUT2D eigenvalue weighted by Crippen LogP contribution is -2.12. The zero-order chi connectivity index (χ0) is 15.2. The normalized spacial score (nSPS) is 16.8. The van der Waals surface area contributed by atoms with Crippen molar-refractivity contribution >= 4 is 29.9 Å². The van der Waals surface area contributed by atoms with Gasteiger partial charge in [0.25, 0.3) is 5.69 Å². The number of aliphatic hydroxyl groups excluding tert-OH is 1. The molecule has 1 aliphatic rings. The Bertz CT molecular complexity index is 496. The van der Waals surface area contributed by atoms with Crippen molar-refractivity contribution in [1.29, 1.82) is 0 Å². The number of aliphatic hydroxyl groups is 1. The minimum Gasteiger partial charge on any atom is -0.396 e. The van der Waals surface area contributed by atoms with Crippen LogP contribution in [-0.4, -0.2) is 21.9 Å². The van der Waals surface area contributed by atoms with Crippen molar-refractivity contribution in [3.05, 3.63) is 33.9 Å². The molecule has 0 aromatic heterocycles. The molecule has 1 aromatic carbocycles. The molecule has 0 spiro atoms. The largest absolute Gasteiger partial charge is 0.396 e. The lowest BCUT2D eigenvalue weighted by atomic mass is 10.0. The molecular weight excluding hydrogens is 324 g/mol. The molecule has 0 aliphatic heterocycles. The van der Waals surface area contributed by atoms with E-state index in [1.165, 1.54) is 19.3 Å². The van der Waals surface area contributed by atoms with E-state index in [4.69, 9.17) is 10.8 Å². The number of nitrogens with two attached hydrogens (primary N) is 1. The van der Waals surface area contributed by atoms with E-state index < -0.39 is 0 Å². The van der Waals surface area contributed by atoms with Crippen molar-refractivity contribution in [2.24, 2.45) is 5.73 Å². The summed E-state index contributed by atoms with van der Waals surface area (Å²) in [6.45, 7) is -0.0203. The van der Waals surface area contributed by atoms with Gasteiger partial charge >= 0.3 is 0 Å². The van der Waals surface area contributed by atoms with Gasteiger partial charge < -0.3 is 10.8 Å². The van der Waals surface area contributed by atoms with Gasteiger partial charge in [-0.2, -0.15) is 0 Å². The number of halogens is 1. The molecule has 0 radical (unpaired) electrons. The maximum atomic E-state index is 11.3. The molecule has 3 N–H and O–H groups in total. The summed E-state index contributed by atoms with van der Waals surface area (Å²) in [5, 5.41) is 20.7. The molecule has 1 atom stereocenters. The first-order chi connectivity index (χ1) is 10.1. The molecule has 1 unspecified atom stereocenters. The predicted molar refractivity (Wildman–Crippen MR) is 91.7 cm³/mol. The maximum Gasteiger partial charge on any atom is 0.283 e. The van der Waals surface area contributed by atoms with Crippen molar-refractivity contribution in [3.8, 4) is 0 Å². The van der Waals surface area contributed by atoms with E-state index in [0.717, 1.165) is 17.7 Å². The molecule has 0 bridgehead atoms. The molecule has 124 valence electrons. The van der Waals surface area contributed by atoms with E-state index in [0.29, 0.717) is 17.2 Å². The predicted octanol–water partition coefficient (Wildman–Crippen LogP) is 3.82. The zero-order valence-corrected chi connectivity index (χ0v) is 14.1. The SMILES string of the molecule is Cl.NC(CCO)c1ccc(SC2CCCCC2)c([N+](=O)[O-])c1. The highest BCUT2D eigenvalue weighted by Gasteiger charge is 2.22. The van der Waals surface area contributed by atoms with Crippen molar-refractivity contribution < 1.29 is 10.0 Å². The Morgan fingerprint density at radius 3 is 2.64 bits per heavy atom. The lowest BCUT2D eigenvalue weighted by molar-refractivity contribution is -0.387. The molecule has 1 aliphatic carbocycles. The average molecular weight is 347 g/mol. The van der Waals surface area contributed by atoms with Crippen LogP contribution in [0.3, 0.4) is 0 Å². The summed E-state index contributed by atoms with van der Waals surface area (Å²) >= 11 is 1.62. The fourth-order valence-corrected chi connectivity index (χ4v) is 4.00. The monoisotopic (exact) mass is 346 g/mol. The Morgan fingerprint density at radius 2 is 2.05 bits per heavy atom. The van der Waals surface area contributed by atoms with E-state index in [2.05, 4.69) is 0 Å². The second-order valence-electron chi connectivity index (χ2n) is 5.48. The standard InChI is InChI=1S/C15H22N2O3S.ClH/c16-13(8-9-18)11-6-7-15(14(10-11)17(19)20)21-12-4-2-1-3-5-12;/h6-7,10,12-13,18H,1-5,8-9,16H2;1H. The third-order valence-corrected chi connectivity index (χ3v) is 5.30. The van der Waals surface area contributed by atoms with Crippen LogP contribution < -0.4 is 5.73 Å². The second-order valence-corrected chi connectivity index (χ2v) is 6.82. The first kappa shape index (κ1) is 19.2. The van der Waals surface area contributed by atoms with Crippen LogP contribution in [0.1, 0.15) is 50.1 Å². The molecule has 22 heavy (non-hydrogen) atoms. The first-order valence-electron chi connectivity index (χ1n) is 7.43. The third-order valence-electron chi connectivity index (χ3n) is 3.89. The van der Waals surface area contributed by atoms with E-state index >= 15 is 0 Å². The van der Waals surface area contributed by atoms with Crippen LogP contribution in [-0.2, 0) is 0 Å². The van der Waals surface area contributed by atoms with E-state index in [1.54, 1.807) is 17.8 Å². The van der Waals surface area contributed by atoms with Crippen molar-refractivity contribution in [3.63, 3.8) is 0 Å². The topological polar surface area (TPSA) is 89.4 Å². The van der Waals surface area contributed by atoms with Crippen LogP contribution in [0.15, 0.2) is 23.1 Å². The summed E-state index contributed by atoms with van der Waals surface area (Å²) in [5.41, 5.74) is 6.77. The van der Waals surface area contributed by atoms with E-state index in [1.807, 2.05) is 12.1 Å². The molecule has 0 amide bonds. The van der Waals surface area contributed by atoms with Gasteiger partial charge in [-0.3, -0.25) is 10.1 Å². The van der Waals surface area contributed by atoms with Crippen LogP contribution in [0.2, 0.25) is 0 Å². The van der Waals surface area contributed by atoms with Crippen LogP contribution in [0.4, 0.5) is 5.69 Å². The number of nitro benzene ring substituents is 1. The van der Waals surface area contributed by atoms with Gasteiger partial charge in [0.2, 0.25) is 0 Å². The number of nitrogens with zero attached hydrogens (tertiary/aromatic N) is 1. The van der Waals surface area contributed by atoms with Gasteiger partial charge in [-0.25, -0.2) is 0 Å². The number of thioether (sulfide) groups is 1. The number of hydrogen-bond acceptors (Lipinski definition) is 5. The van der Waals surface area contributed by atoms with Gasteiger partial charge in [0.15, 0.2) is 0 Å². The summed E-state index contributed by atoms with van der Waals surface area (Å²) in [6.07, 6.45) is 6.37. The van der Waals surface area contributed by atoms with E-state index in [9.17, 15) is 10.1 Å². The summed E-state index contributed by atoms with van der Waals surface area (Å²) < 4.78 is 0. The van der Waals surface area contributed by atoms with Crippen LogP contribution in [0, 0.1) is 10.1 Å². The van der Waals surface area contributed by atoms with Gasteiger partial charge in [0, 0.05) is 24.0 Å². The lowest BCUT2D eigenvalue weighted by Gasteiger charge is -2.21. The van der Waals surface area contributed by atoms with Gasteiger partial charge in [0.1, 0.15) is 0 Å². The Labute approximate surface area is 141 Å². The molecular formula is C15H23ClN2O3S. The Balaban J connectivity index is 0.00000242. The highest BCUT2D eigenvalue weighted by atomic mass is 35.5. The second kappa shape index (κ2) is 9.35. The third kappa shape index (κ3) is 5.12. The minimum atomic E-state index is -0.359. The molecule has 7 heteroatoms. The van der Waals surface area contributed by atoms with Gasteiger partial charge in [-0.1, -0.05) is 25.3 Å². The summed E-state index contributed by atoms with van der Waals surface area (Å²) in [6, 6.07) is 4.86. The number of benzene rings is 1. The highest BCUT2D eigenvalue weighted by Crippen LogP contribution is 2.39. The molecule has 1 aromatic rings. The minimum absolute atomic E-state index is 0. The molecule has 0 heterocycles. The number of rotatable bonds is 6. The number of hydrogen-bond donors (Lipinski definition) is 2. The summed E-state index contributed by atoms with van der Waals surface area (Å²) in [4.78, 5) is 11.7. The van der Waals surface area contributed by atoms with Gasteiger partial charge in [-0.15, -0.1) is 24.2 Å². The fourth-order valence-electron chi connectivity index (χ4n) is 2.68. The molecule has 5 nitrogen and oxygen atoms in total. The van der Waals surface area contributed by atoms with Crippen LogP contribution >= 0.6 is 24.2 Å². The van der Waals surface area contributed by atoms with E-state index in [-0.39, 0.29) is 35.7 Å². The fraction of sp³-hybridized carbons (Fsp3) is 0.600. The summed E-state index contributed by atoms with van der Waals surface area (Å²) in [5.74, 6) is 0. The molecule has 2 rings (SSSR count). The number of nitro groups is 1. The highest BCUT2D eigenvalue weighted by molar-refractivity contribution is 8.00. The van der Waals surface area contributed by atoms with Crippen molar-refractivity contribution in [1.82, 2.24) is 0 Å². The smallest absolute Gasteiger partial charge is 0.283 e.